The molecule has 0 aliphatic rings. The quantitative estimate of drug-likeness (QED) is 0.745. The molecule has 1 heterocycles. The number of carbonyl (C=O) groups excluding carboxylic acids is 2. The van der Waals surface area contributed by atoms with E-state index in [1.807, 2.05) is 38.1 Å². The molecule has 0 aliphatic heterocycles. The number of urea groups is 1. The van der Waals surface area contributed by atoms with Gasteiger partial charge in [0.15, 0.2) is 0 Å². The largest absolute Gasteiger partial charge is 0.337 e. The van der Waals surface area contributed by atoms with Crippen molar-refractivity contribution in [2.45, 2.75) is 33.6 Å². The van der Waals surface area contributed by atoms with Crippen LogP contribution in [0.5, 0.6) is 0 Å². The number of anilines is 1. The summed E-state index contributed by atoms with van der Waals surface area (Å²) in [4.78, 5) is 24.9. The average molecular weight is 331 g/mol. The minimum absolute atomic E-state index is 0.322. The van der Waals surface area contributed by atoms with Gasteiger partial charge in [0.2, 0.25) is 0 Å². The zero-order valence-electron chi connectivity index (χ0n) is 13.7. The number of thiophene rings is 1. The Labute approximate surface area is 140 Å². The molecule has 0 spiro atoms. The number of hydrazine groups is 1. The summed E-state index contributed by atoms with van der Waals surface area (Å²) in [6.45, 7) is 8.06. The Bertz CT molecular complexity index is 705. The van der Waals surface area contributed by atoms with Gasteiger partial charge in [0, 0.05) is 15.9 Å². The summed E-state index contributed by atoms with van der Waals surface area (Å²) in [5.41, 5.74) is 8.15. The molecule has 2 rings (SSSR count). The van der Waals surface area contributed by atoms with Crippen molar-refractivity contribution in [3.8, 4) is 0 Å². The summed E-state index contributed by atoms with van der Waals surface area (Å²) in [7, 11) is 0. The standard InChI is InChI=1S/C17H21N3O2S/c1-10(2)13-5-7-14(8-6-13)18-17(22)20-19-16(21)15-9-23-12(4)11(15)3/h5-10H,1-4H3,(H,19,21)(H2,18,20,22). The Morgan fingerprint density at radius 1 is 1.04 bits per heavy atom. The molecule has 0 bridgehead atoms. The fourth-order valence-corrected chi connectivity index (χ4v) is 2.90. The van der Waals surface area contributed by atoms with E-state index in [-0.39, 0.29) is 5.91 Å². The summed E-state index contributed by atoms with van der Waals surface area (Å²) >= 11 is 1.51. The molecule has 23 heavy (non-hydrogen) atoms. The third-order valence-electron chi connectivity index (χ3n) is 3.66. The zero-order valence-corrected chi connectivity index (χ0v) is 14.5. The normalized spacial score (nSPS) is 10.5. The molecule has 0 aliphatic carbocycles. The molecule has 2 aromatic rings. The molecule has 5 nitrogen and oxygen atoms in total. The molecule has 0 fully saturated rings. The summed E-state index contributed by atoms with van der Waals surface area (Å²) in [6, 6.07) is 7.12. The van der Waals surface area contributed by atoms with E-state index in [0.29, 0.717) is 17.2 Å². The SMILES string of the molecule is Cc1scc(C(=O)NNC(=O)Nc2ccc(C(C)C)cc2)c1C. The highest BCUT2D eigenvalue weighted by molar-refractivity contribution is 7.10. The van der Waals surface area contributed by atoms with Crippen LogP contribution in [0.3, 0.4) is 0 Å². The van der Waals surface area contributed by atoms with Crippen molar-refractivity contribution in [2.24, 2.45) is 0 Å². The summed E-state index contributed by atoms with van der Waals surface area (Å²) in [5, 5.41) is 4.45. The van der Waals surface area contributed by atoms with Crippen molar-refractivity contribution in [2.75, 3.05) is 5.32 Å². The van der Waals surface area contributed by atoms with E-state index in [1.165, 1.54) is 16.9 Å². The van der Waals surface area contributed by atoms with Crippen LogP contribution < -0.4 is 16.2 Å². The van der Waals surface area contributed by atoms with Gasteiger partial charge in [-0.05, 0) is 43.0 Å². The maximum Gasteiger partial charge on any atom is 0.337 e. The molecular weight excluding hydrogens is 310 g/mol. The fraction of sp³-hybridized carbons (Fsp3) is 0.294. The highest BCUT2D eigenvalue weighted by atomic mass is 32.1. The second-order valence-corrected chi connectivity index (χ2v) is 6.72. The first-order valence-corrected chi connectivity index (χ1v) is 8.28. The summed E-state index contributed by atoms with van der Waals surface area (Å²) in [5.74, 6) is 0.117. The maximum absolute atomic E-state index is 12.0. The van der Waals surface area contributed by atoms with Crippen molar-refractivity contribution < 1.29 is 9.59 Å². The van der Waals surface area contributed by atoms with Gasteiger partial charge in [-0.2, -0.15) is 0 Å². The monoisotopic (exact) mass is 331 g/mol. The van der Waals surface area contributed by atoms with E-state index in [0.717, 1.165) is 10.4 Å². The zero-order chi connectivity index (χ0) is 17.0. The molecule has 0 radical (unpaired) electrons. The lowest BCUT2D eigenvalue weighted by atomic mass is 10.0. The van der Waals surface area contributed by atoms with Gasteiger partial charge in [0.25, 0.3) is 5.91 Å². The summed E-state index contributed by atoms with van der Waals surface area (Å²) in [6.07, 6.45) is 0. The number of aryl methyl sites for hydroxylation is 1. The van der Waals surface area contributed by atoms with Crippen LogP contribution in [-0.2, 0) is 0 Å². The van der Waals surface area contributed by atoms with Gasteiger partial charge in [-0.25, -0.2) is 10.2 Å². The highest BCUT2D eigenvalue weighted by Gasteiger charge is 2.13. The van der Waals surface area contributed by atoms with Gasteiger partial charge in [-0.15, -0.1) is 11.3 Å². The Balaban J connectivity index is 1.87. The number of hydrogen-bond donors (Lipinski definition) is 3. The third-order valence-corrected chi connectivity index (χ3v) is 4.67. The number of hydrogen-bond acceptors (Lipinski definition) is 3. The molecule has 3 amide bonds. The second kappa shape index (κ2) is 7.28. The predicted octanol–water partition coefficient (Wildman–Crippen LogP) is 3.95. The van der Waals surface area contributed by atoms with Gasteiger partial charge < -0.3 is 5.32 Å². The first-order valence-electron chi connectivity index (χ1n) is 7.40. The Morgan fingerprint density at radius 3 is 2.22 bits per heavy atom. The van der Waals surface area contributed by atoms with Gasteiger partial charge in [-0.1, -0.05) is 26.0 Å². The number of carbonyl (C=O) groups is 2. The molecule has 0 saturated heterocycles. The van der Waals surface area contributed by atoms with Crippen LogP contribution in [0.15, 0.2) is 29.6 Å². The van der Waals surface area contributed by atoms with E-state index in [2.05, 4.69) is 30.0 Å². The van der Waals surface area contributed by atoms with Crippen LogP contribution in [0.25, 0.3) is 0 Å². The molecule has 0 saturated carbocycles. The molecule has 3 N–H and O–H groups in total. The van der Waals surface area contributed by atoms with Crippen LogP contribution in [0.4, 0.5) is 10.5 Å². The van der Waals surface area contributed by atoms with E-state index >= 15 is 0 Å². The Morgan fingerprint density at radius 2 is 1.70 bits per heavy atom. The lowest BCUT2D eigenvalue weighted by molar-refractivity contribution is 0.0937. The Kier molecular flexibility index (Phi) is 5.39. The van der Waals surface area contributed by atoms with Gasteiger partial charge in [0.05, 0.1) is 5.56 Å². The molecule has 0 unspecified atom stereocenters. The highest BCUT2D eigenvalue weighted by Crippen LogP contribution is 2.20. The van der Waals surface area contributed by atoms with E-state index < -0.39 is 6.03 Å². The van der Waals surface area contributed by atoms with E-state index in [1.54, 1.807) is 5.38 Å². The number of benzene rings is 1. The smallest absolute Gasteiger partial charge is 0.307 e. The van der Waals surface area contributed by atoms with Gasteiger partial charge in [0.1, 0.15) is 0 Å². The van der Waals surface area contributed by atoms with E-state index in [9.17, 15) is 9.59 Å². The molecule has 0 atom stereocenters. The van der Waals surface area contributed by atoms with Crippen molar-refractivity contribution >= 4 is 29.0 Å². The second-order valence-electron chi connectivity index (χ2n) is 5.64. The van der Waals surface area contributed by atoms with Crippen molar-refractivity contribution in [1.29, 1.82) is 0 Å². The minimum atomic E-state index is -0.486. The first-order chi connectivity index (χ1) is 10.9. The first kappa shape index (κ1) is 17.0. The van der Waals surface area contributed by atoms with Gasteiger partial charge >= 0.3 is 6.03 Å². The molecule has 6 heteroatoms. The van der Waals surface area contributed by atoms with Crippen LogP contribution in [0, 0.1) is 13.8 Å². The summed E-state index contributed by atoms with van der Waals surface area (Å²) < 4.78 is 0. The maximum atomic E-state index is 12.0. The third kappa shape index (κ3) is 4.32. The topological polar surface area (TPSA) is 70.2 Å². The van der Waals surface area contributed by atoms with Gasteiger partial charge in [-0.3, -0.25) is 10.2 Å². The lowest BCUT2D eigenvalue weighted by Crippen LogP contribution is -2.44. The Hall–Kier alpha value is -2.34. The molecule has 1 aromatic carbocycles. The minimum Gasteiger partial charge on any atom is -0.307 e. The van der Waals surface area contributed by atoms with Crippen LogP contribution >= 0.6 is 11.3 Å². The number of nitrogens with one attached hydrogen (secondary N) is 3. The lowest BCUT2D eigenvalue weighted by Gasteiger charge is -2.10. The molecule has 1 aromatic heterocycles. The van der Waals surface area contributed by atoms with Crippen molar-refractivity contribution in [3.05, 3.63) is 51.2 Å². The van der Waals surface area contributed by atoms with Crippen molar-refractivity contribution in [3.63, 3.8) is 0 Å². The number of rotatable bonds is 3. The van der Waals surface area contributed by atoms with Crippen molar-refractivity contribution in [1.82, 2.24) is 10.9 Å². The van der Waals surface area contributed by atoms with Crippen LogP contribution in [0.2, 0.25) is 0 Å². The fourth-order valence-electron chi connectivity index (χ4n) is 2.03. The van der Waals surface area contributed by atoms with Crippen LogP contribution in [-0.4, -0.2) is 11.9 Å². The number of amides is 3. The van der Waals surface area contributed by atoms with Crippen LogP contribution in [0.1, 0.15) is 46.1 Å². The predicted molar refractivity (Wildman–Crippen MR) is 93.9 cm³/mol. The van der Waals surface area contributed by atoms with E-state index in [4.69, 9.17) is 0 Å². The molecular formula is C17H21N3O2S. The average Bonchev–Trinajstić information content (AvgIpc) is 2.85. The molecule has 122 valence electrons.